The van der Waals surface area contributed by atoms with Crippen LogP contribution in [0.3, 0.4) is 0 Å². The highest BCUT2D eigenvalue weighted by molar-refractivity contribution is 5.95. The molecule has 1 aromatic heterocycles. The Morgan fingerprint density at radius 3 is 2.19 bits per heavy atom. The lowest BCUT2D eigenvalue weighted by Crippen LogP contribution is -2.31. The summed E-state index contributed by atoms with van der Waals surface area (Å²) in [6.07, 6.45) is 2.45. The Kier molecular flexibility index (Phi) is 5.79. The second-order valence-corrected chi connectivity index (χ2v) is 5.97. The normalized spacial score (nSPS) is 10.2. The Morgan fingerprint density at radius 2 is 1.56 bits per heavy atom. The van der Waals surface area contributed by atoms with E-state index < -0.39 is 6.09 Å². The number of hydrogen-bond donors (Lipinski definition) is 2. The third-order valence-corrected chi connectivity index (χ3v) is 4.02. The van der Waals surface area contributed by atoms with Crippen LogP contribution in [0.1, 0.15) is 11.1 Å². The Balaban J connectivity index is 1.84. The summed E-state index contributed by atoms with van der Waals surface area (Å²) in [6, 6.07) is 20.1. The van der Waals surface area contributed by atoms with Gasteiger partial charge in [0, 0.05) is 23.8 Å². The van der Waals surface area contributed by atoms with Gasteiger partial charge in [-0.25, -0.2) is 4.79 Å². The number of nitrogens with one attached hydrogen (secondary N) is 1. The molecule has 0 fully saturated rings. The lowest BCUT2D eigenvalue weighted by atomic mass is 10.1. The van der Waals surface area contributed by atoms with Gasteiger partial charge in [-0.1, -0.05) is 30.3 Å². The van der Waals surface area contributed by atoms with Crippen LogP contribution in [0.5, 0.6) is 0 Å². The number of hydrogen-bond acceptors (Lipinski definition) is 3. The monoisotopic (exact) mass is 361 g/mol. The lowest BCUT2D eigenvalue weighted by Gasteiger charge is -2.23. The first-order valence-corrected chi connectivity index (χ1v) is 8.45. The molecule has 136 valence electrons. The smallest absolute Gasteiger partial charge is 0.409 e. The van der Waals surface area contributed by atoms with Gasteiger partial charge in [-0.3, -0.25) is 15.1 Å². The molecule has 0 aliphatic carbocycles. The summed E-state index contributed by atoms with van der Waals surface area (Å²) in [4.78, 5) is 29.4. The molecule has 3 rings (SSSR count). The van der Waals surface area contributed by atoms with E-state index >= 15 is 0 Å². The number of carboxylic acid groups (broad SMARTS) is 1. The zero-order valence-corrected chi connectivity index (χ0v) is 14.6. The van der Waals surface area contributed by atoms with Crippen molar-refractivity contribution in [2.45, 2.75) is 13.0 Å². The van der Waals surface area contributed by atoms with Crippen LogP contribution in [0.4, 0.5) is 16.2 Å². The van der Waals surface area contributed by atoms with Crippen molar-refractivity contribution in [1.29, 1.82) is 0 Å². The van der Waals surface area contributed by atoms with Crippen LogP contribution in [0, 0.1) is 0 Å². The van der Waals surface area contributed by atoms with Crippen molar-refractivity contribution in [3.05, 3.63) is 90.3 Å². The van der Waals surface area contributed by atoms with Gasteiger partial charge in [0.1, 0.15) is 0 Å². The molecule has 0 aliphatic heterocycles. The van der Waals surface area contributed by atoms with Gasteiger partial charge in [-0.2, -0.15) is 0 Å². The molecule has 0 saturated carbocycles. The Bertz CT molecular complexity index is 897. The van der Waals surface area contributed by atoms with E-state index in [9.17, 15) is 9.59 Å². The number of benzene rings is 2. The van der Waals surface area contributed by atoms with Gasteiger partial charge in [-0.05, 0) is 47.5 Å². The van der Waals surface area contributed by atoms with Crippen LogP contribution in [-0.4, -0.2) is 22.1 Å². The van der Waals surface area contributed by atoms with Crippen LogP contribution >= 0.6 is 0 Å². The van der Waals surface area contributed by atoms with Gasteiger partial charge in [0.2, 0.25) is 5.91 Å². The molecule has 3 aromatic rings. The van der Waals surface area contributed by atoms with E-state index in [4.69, 9.17) is 5.11 Å². The fourth-order valence-corrected chi connectivity index (χ4v) is 2.71. The molecule has 2 N–H and O–H groups in total. The Labute approximate surface area is 157 Å². The average Bonchev–Trinajstić information content (AvgIpc) is 2.68. The highest BCUT2D eigenvalue weighted by Gasteiger charge is 2.17. The summed E-state index contributed by atoms with van der Waals surface area (Å²) in [7, 11) is 0. The summed E-state index contributed by atoms with van der Waals surface area (Å²) < 4.78 is 0. The van der Waals surface area contributed by atoms with Gasteiger partial charge >= 0.3 is 6.09 Å². The van der Waals surface area contributed by atoms with Crippen LogP contribution in [0.2, 0.25) is 0 Å². The summed E-state index contributed by atoms with van der Waals surface area (Å²) in [5.74, 6) is -0.0519. The fourth-order valence-electron chi connectivity index (χ4n) is 2.71. The van der Waals surface area contributed by atoms with Crippen LogP contribution in [0.25, 0.3) is 0 Å². The second-order valence-electron chi connectivity index (χ2n) is 5.97. The predicted octanol–water partition coefficient (Wildman–Crippen LogP) is 3.95. The van der Waals surface area contributed by atoms with Crippen molar-refractivity contribution in [2.75, 3.05) is 10.2 Å². The average molecular weight is 361 g/mol. The summed E-state index contributed by atoms with van der Waals surface area (Å²) >= 11 is 0. The molecule has 0 aliphatic rings. The number of carbonyl (C=O) groups excluding carboxylic acids is 1. The molecule has 6 heteroatoms. The first-order chi connectivity index (χ1) is 13.1. The van der Waals surface area contributed by atoms with E-state index in [0.717, 1.165) is 11.1 Å². The molecule has 1 heterocycles. The van der Waals surface area contributed by atoms with Crippen molar-refractivity contribution in [1.82, 2.24) is 4.98 Å². The molecule has 27 heavy (non-hydrogen) atoms. The molecule has 0 atom stereocenters. The minimum Gasteiger partial charge on any atom is -0.465 e. The zero-order chi connectivity index (χ0) is 19.1. The van der Waals surface area contributed by atoms with Crippen molar-refractivity contribution in [3.63, 3.8) is 0 Å². The number of carbonyl (C=O) groups is 2. The maximum Gasteiger partial charge on any atom is 0.409 e. The molecule has 2 amide bonds. The highest BCUT2D eigenvalue weighted by Crippen LogP contribution is 2.21. The Morgan fingerprint density at radius 1 is 0.889 bits per heavy atom. The van der Waals surface area contributed by atoms with Gasteiger partial charge < -0.3 is 10.0 Å². The SMILES string of the molecule is O=C(O)Nc1ccc(N(Cc2ccccc2)C(=O)Cc2ccncc2)cc1. The maximum atomic E-state index is 13.0. The van der Waals surface area contributed by atoms with Gasteiger partial charge in [0.15, 0.2) is 0 Å². The molecule has 0 bridgehead atoms. The van der Waals surface area contributed by atoms with Crippen LogP contribution in [0.15, 0.2) is 79.1 Å². The van der Waals surface area contributed by atoms with E-state index in [1.54, 1.807) is 41.6 Å². The van der Waals surface area contributed by atoms with E-state index in [2.05, 4.69) is 10.3 Å². The second kappa shape index (κ2) is 8.62. The number of anilines is 2. The minimum absolute atomic E-state index is 0.0519. The molecule has 0 radical (unpaired) electrons. The van der Waals surface area contributed by atoms with E-state index in [0.29, 0.717) is 17.9 Å². The van der Waals surface area contributed by atoms with Gasteiger partial charge in [0.25, 0.3) is 0 Å². The summed E-state index contributed by atoms with van der Waals surface area (Å²) in [6.45, 7) is 0.427. The largest absolute Gasteiger partial charge is 0.465 e. The molecule has 0 saturated heterocycles. The third-order valence-electron chi connectivity index (χ3n) is 4.02. The first kappa shape index (κ1) is 18.1. The number of aromatic nitrogens is 1. The first-order valence-electron chi connectivity index (χ1n) is 8.45. The molecular weight excluding hydrogens is 342 g/mol. The maximum absolute atomic E-state index is 13.0. The quantitative estimate of drug-likeness (QED) is 0.696. The molecule has 0 spiro atoms. The lowest BCUT2D eigenvalue weighted by molar-refractivity contribution is -0.118. The summed E-state index contributed by atoms with van der Waals surface area (Å²) in [5, 5.41) is 11.1. The molecule has 6 nitrogen and oxygen atoms in total. The standard InChI is InChI=1S/C21H19N3O3/c25-20(14-16-10-12-22-13-11-16)24(15-17-4-2-1-3-5-17)19-8-6-18(7-9-19)23-21(26)27/h1-13,23H,14-15H2,(H,26,27). The van der Waals surface area contributed by atoms with E-state index in [1.807, 2.05) is 42.5 Å². The number of nitrogens with zero attached hydrogens (tertiary/aromatic N) is 2. The van der Waals surface area contributed by atoms with Crippen molar-refractivity contribution in [3.8, 4) is 0 Å². The Hall–Kier alpha value is -3.67. The highest BCUT2D eigenvalue weighted by atomic mass is 16.4. The predicted molar refractivity (Wildman–Crippen MR) is 104 cm³/mol. The number of amides is 2. The van der Waals surface area contributed by atoms with E-state index in [-0.39, 0.29) is 12.3 Å². The van der Waals surface area contributed by atoms with Gasteiger partial charge in [-0.15, -0.1) is 0 Å². The van der Waals surface area contributed by atoms with Gasteiger partial charge in [0.05, 0.1) is 13.0 Å². The van der Waals surface area contributed by atoms with Crippen molar-refractivity contribution in [2.24, 2.45) is 0 Å². The topological polar surface area (TPSA) is 82.5 Å². The van der Waals surface area contributed by atoms with Crippen molar-refractivity contribution < 1.29 is 14.7 Å². The molecule has 0 unspecified atom stereocenters. The van der Waals surface area contributed by atoms with Crippen LogP contribution < -0.4 is 10.2 Å². The zero-order valence-electron chi connectivity index (χ0n) is 14.6. The number of pyridine rings is 1. The van der Waals surface area contributed by atoms with Crippen LogP contribution in [-0.2, 0) is 17.8 Å². The number of rotatable bonds is 6. The third kappa shape index (κ3) is 5.15. The van der Waals surface area contributed by atoms with Crippen molar-refractivity contribution >= 4 is 23.4 Å². The molecular formula is C21H19N3O3. The fraction of sp³-hybridized carbons (Fsp3) is 0.0952. The van der Waals surface area contributed by atoms with E-state index in [1.165, 1.54) is 0 Å². The summed E-state index contributed by atoms with van der Waals surface area (Å²) in [5.41, 5.74) is 3.05. The minimum atomic E-state index is -1.13. The molecule has 2 aromatic carbocycles.